The highest BCUT2D eigenvalue weighted by Gasteiger charge is 2.38. The number of hydrogen-bond acceptors (Lipinski definition) is 2. The highest BCUT2D eigenvalue weighted by molar-refractivity contribution is 6.17. The summed E-state index contributed by atoms with van der Waals surface area (Å²) in [6.45, 7) is 9.46. The van der Waals surface area contributed by atoms with Crippen molar-refractivity contribution in [1.82, 2.24) is 23.7 Å². The van der Waals surface area contributed by atoms with Gasteiger partial charge in [-0.15, -0.1) is 0 Å². The molecular weight excluding hydrogens is 839 g/mol. The molecule has 0 saturated carbocycles. The highest BCUT2D eigenvalue weighted by Crippen LogP contribution is 2.53. The number of benzene rings is 9. The van der Waals surface area contributed by atoms with Crippen LogP contribution in [0.3, 0.4) is 0 Å². The topological polar surface area (TPSA) is 40.6 Å². The van der Waals surface area contributed by atoms with Gasteiger partial charge < -0.3 is 0 Å². The Labute approximate surface area is 399 Å². The SMILES string of the molecule is CC1(C)c2ccccc2-c2cc3c4ccccc4n(-c4nc(-n5c6ccccc6c6cc7c(cc65)C(C)(C)c5ccccc5-7)c5c6cc(-c7ccccc7)ccc6n(-c6ccccc6)c5n4)c3cc21. The Morgan fingerprint density at radius 3 is 1.46 bits per heavy atom. The number of nitrogens with zero attached hydrogens (tertiary/aromatic N) is 5. The van der Waals surface area contributed by atoms with Gasteiger partial charge in [-0.25, -0.2) is 0 Å². The van der Waals surface area contributed by atoms with Gasteiger partial charge in [0.25, 0.3) is 0 Å². The molecule has 0 saturated heterocycles. The molecule has 4 heterocycles. The van der Waals surface area contributed by atoms with Crippen molar-refractivity contribution in [2.45, 2.75) is 38.5 Å². The van der Waals surface area contributed by atoms with Gasteiger partial charge in [0.15, 0.2) is 11.5 Å². The third-order valence-electron chi connectivity index (χ3n) is 15.9. The lowest BCUT2D eigenvalue weighted by Crippen LogP contribution is -2.15. The second kappa shape index (κ2) is 13.6. The lowest BCUT2D eigenvalue weighted by Gasteiger charge is -2.22. The van der Waals surface area contributed by atoms with Gasteiger partial charge >= 0.3 is 0 Å². The van der Waals surface area contributed by atoms with Crippen molar-refractivity contribution in [2.75, 3.05) is 0 Å². The molecule has 2 aliphatic carbocycles. The number of rotatable bonds is 4. The van der Waals surface area contributed by atoms with Crippen LogP contribution in [-0.2, 0) is 10.8 Å². The quantitative estimate of drug-likeness (QED) is 0.177. The number of fused-ring (bicyclic) bond motifs is 15. The summed E-state index contributed by atoms with van der Waals surface area (Å²) in [7, 11) is 0. The zero-order valence-electron chi connectivity index (χ0n) is 38.8. The molecule has 5 nitrogen and oxygen atoms in total. The third kappa shape index (κ3) is 5.09. The molecule has 15 rings (SSSR count). The zero-order valence-corrected chi connectivity index (χ0v) is 38.8. The van der Waals surface area contributed by atoms with E-state index in [1.54, 1.807) is 0 Å². The molecule has 0 atom stereocenters. The molecule has 0 radical (unpaired) electrons. The molecule has 326 valence electrons. The summed E-state index contributed by atoms with van der Waals surface area (Å²) >= 11 is 0. The van der Waals surface area contributed by atoms with Crippen LogP contribution in [0, 0.1) is 0 Å². The molecule has 0 aliphatic heterocycles. The first-order valence-corrected chi connectivity index (χ1v) is 24.1. The van der Waals surface area contributed by atoms with Gasteiger partial charge in [-0.05, 0) is 116 Å². The maximum atomic E-state index is 5.99. The van der Waals surface area contributed by atoms with Crippen molar-refractivity contribution in [3.05, 3.63) is 222 Å². The largest absolute Gasteiger partial charge is 0.294 e. The van der Waals surface area contributed by atoms with E-state index in [4.69, 9.17) is 9.97 Å². The molecule has 2 aliphatic rings. The Kier molecular flexibility index (Phi) is 7.57. The van der Waals surface area contributed by atoms with Crippen LogP contribution in [-0.4, -0.2) is 23.7 Å². The van der Waals surface area contributed by atoms with Crippen LogP contribution in [0.2, 0.25) is 0 Å². The van der Waals surface area contributed by atoms with Crippen molar-refractivity contribution < 1.29 is 0 Å². The molecule has 9 aromatic carbocycles. The van der Waals surface area contributed by atoms with E-state index in [1.165, 1.54) is 66.1 Å². The average Bonchev–Trinajstić information content (AvgIpc) is 4.13. The maximum Gasteiger partial charge on any atom is 0.238 e. The van der Waals surface area contributed by atoms with Crippen molar-refractivity contribution in [3.63, 3.8) is 0 Å². The standard InChI is InChI=1S/C64H45N5/c1-63(2)50-27-15-11-23-41(50)45-34-47-43-25-13-17-29-54(43)68(57(47)36-52(45)63)61-59-49-33-39(38-19-7-5-8-20-38)31-32-56(49)67(40-21-9-6-10-22-40)60(59)65-62(66-61)69-55-30-18-14-26-44(55)48-35-46-42-24-12-16-28-51(42)64(3,4)53(46)37-58(48)69/h5-37H,1-4H3. The fourth-order valence-corrected chi connectivity index (χ4v) is 12.6. The molecule has 13 aromatic rings. The first-order valence-electron chi connectivity index (χ1n) is 24.1. The second-order valence-corrected chi connectivity index (χ2v) is 20.2. The van der Waals surface area contributed by atoms with Crippen molar-refractivity contribution >= 4 is 65.5 Å². The van der Waals surface area contributed by atoms with Gasteiger partial charge in [-0.2, -0.15) is 9.97 Å². The minimum absolute atomic E-state index is 0.190. The van der Waals surface area contributed by atoms with Crippen molar-refractivity contribution in [3.8, 4) is 50.8 Å². The molecule has 0 unspecified atom stereocenters. The van der Waals surface area contributed by atoms with Crippen molar-refractivity contribution in [2.24, 2.45) is 0 Å². The summed E-state index contributed by atoms with van der Waals surface area (Å²) in [5, 5.41) is 6.85. The smallest absolute Gasteiger partial charge is 0.238 e. The summed E-state index contributed by atoms with van der Waals surface area (Å²) in [5.41, 5.74) is 19.8. The van der Waals surface area contributed by atoms with E-state index in [1.807, 2.05) is 0 Å². The maximum absolute atomic E-state index is 5.99. The van der Waals surface area contributed by atoms with Gasteiger partial charge in [-0.3, -0.25) is 13.7 Å². The van der Waals surface area contributed by atoms with Gasteiger partial charge in [0.1, 0.15) is 0 Å². The summed E-state index contributed by atoms with van der Waals surface area (Å²) in [5.74, 6) is 1.47. The van der Waals surface area contributed by atoms with E-state index >= 15 is 0 Å². The van der Waals surface area contributed by atoms with Gasteiger partial charge in [-0.1, -0.05) is 167 Å². The Hall–Kier alpha value is -8.54. The Morgan fingerprint density at radius 2 is 0.841 bits per heavy atom. The predicted octanol–water partition coefficient (Wildman–Crippen LogP) is 16.0. The third-order valence-corrected chi connectivity index (χ3v) is 15.9. The number of hydrogen-bond donors (Lipinski definition) is 0. The minimum Gasteiger partial charge on any atom is -0.294 e. The van der Waals surface area contributed by atoms with Crippen LogP contribution < -0.4 is 0 Å². The monoisotopic (exact) mass is 883 g/mol. The molecule has 69 heavy (non-hydrogen) atoms. The number of para-hydroxylation sites is 3. The molecule has 0 fully saturated rings. The fourth-order valence-electron chi connectivity index (χ4n) is 12.6. The fraction of sp³-hybridized carbons (Fsp3) is 0.0938. The molecule has 0 amide bonds. The predicted molar refractivity (Wildman–Crippen MR) is 286 cm³/mol. The average molecular weight is 884 g/mol. The molecular formula is C64H45N5. The minimum atomic E-state index is -0.196. The van der Waals surface area contributed by atoms with Crippen LogP contribution in [0.4, 0.5) is 0 Å². The Balaban J connectivity index is 1.13. The zero-order chi connectivity index (χ0) is 45.9. The van der Waals surface area contributed by atoms with Crippen LogP contribution in [0.1, 0.15) is 49.9 Å². The van der Waals surface area contributed by atoms with Gasteiger partial charge in [0.05, 0.1) is 33.0 Å². The van der Waals surface area contributed by atoms with E-state index < -0.39 is 0 Å². The van der Waals surface area contributed by atoms with Crippen LogP contribution in [0.5, 0.6) is 0 Å². The first kappa shape index (κ1) is 38.6. The Morgan fingerprint density at radius 1 is 0.333 bits per heavy atom. The molecule has 0 N–H and O–H groups in total. The highest BCUT2D eigenvalue weighted by atomic mass is 15.2. The van der Waals surface area contributed by atoms with Crippen LogP contribution in [0.15, 0.2) is 200 Å². The normalized spacial score (nSPS) is 14.3. The lowest BCUT2D eigenvalue weighted by atomic mass is 9.82. The Bertz CT molecular complexity index is 4350. The summed E-state index contributed by atoms with van der Waals surface area (Å²) in [6, 6.07) is 73.6. The summed E-state index contributed by atoms with van der Waals surface area (Å²) in [6.07, 6.45) is 0. The second-order valence-electron chi connectivity index (χ2n) is 20.2. The summed E-state index contributed by atoms with van der Waals surface area (Å²) in [4.78, 5) is 11.8. The van der Waals surface area contributed by atoms with E-state index in [9.17, 15) is 0 Å². The van der Waals surface area contributed by atoms with E-state index in [-0.39, 0.29) is 10.8 Å². The van der Waals surface area contributed by atoms with Gasteiger partial charge in [0, 0.05) is 43.4 Å². The molecule has 0 spiro atoms. The first-order chi connectivity index (χ1) is 33.8. The van der Waals surface area contributed by atoms with E-state index in [0.29, 0.717) is 5.95 Å². The lowest BCUT2D eigenvalue weighted by molar-refractivity contribution is 0.661. The number of aromatic nitrogens is 5. The van der Waals surface area contributed by atoms with E-state index in [2.05, 4.69) is 242 Å². The summed E-state index contributed by atoms with van der Waals surface area (Å²) < 4.78 is 7.14. The molecule has 5 heteroatoms. The van der Waals surface area contributed by atoms with Crippen molar-refractivity contribution in [1.29, 1.82) is 0 Å². The molecule has 0 bridgehead atoms. The van der Waals surface area contributed by atoms with Crippen LogP contribution in [0.25, 0.3) is 116 Å². The van der Waals surface area contributed by atoms with Gasteiger partial charge in [0.2, 0.25) is 5.95 Å². The van der Waals surface area contributed by atoms with Crippen LogP contribution >= 0.6 is 0 Å². The molecule has 4 aromatic heterocycles. The van der Waals surface area contributed by atoms with E-state index in [0.717, 1.165) is 66.6 Å².